The number of amides is 2. The van der Waals surface area contributed by atoms with Crippen LogP contribution in [0.3, 0.4) is 0 Å². The summed E-state index contributed by atoms with van der Waals surface area (Å²) in [7, 11) is 0.697. The van der Waals surface area contributed by atoms with Gasteiger partial charge in [0.05, 0.1) is 5.69 Å². The maximum atomic E-state index is 12.6. The number of hydrogen-bond donors (Lipinski definition) is 0. The van der Waals surface area contributed by atoms with Gasteiger partial charge in [0.25, 0.3) is 0 Å². The molecule has 3 atom stereocenters. The van der Waals surface area contributed by atoms with E-state index in [1.54, 1.807) is 23.1 Å². The fourth-order valence-corrected chi connectivity index (χ4v) is 4.14. The highest BCUT2D eigenvalue weighted by atomic mass is 79.9. The van der Waals surface area contributed by atoms with E-state index < -0.39 is 16.7 Å². The molecule has 1 fully saturated rings. The molecule has 1 heterocycles. The Hall–Kier alpha value is -1.21. The Bertz CT molecular complexity index is 638. The number of hydrogen-bond acceptors (Lipinski definition) is 3. The molecule has 0 aliphatic carbocycles. The zero-order valence-electron chi connectivity index (χ0n) is 13.5. The van der Waals surface area contributed by atoms with Crippen LogP contribution >= 0.6 is 15.9 Å². The van der Waals surface area contributed by atoms with E-state index in [0.717, 1.165) is 10.2 Å². The predicted molar refractivity (Wildman–Crippen MR) is 95.8 cm³/mol. The van der Waals surface area contributed by atoms with Gasteiger partial charge in [0.2, 0.25) is 11.8 Å². The zero-order valence-corrected chi connectivity index (χ0v) is 15.9. The van der Waals surface area contributed by atoms with Crippen LogP contribution in [0.4, 0.5) is 5.69 Å². The van der Waals surface area contributed by atoms with E-state index in [9.17, 15) is 13.8 Å². The van der Waals surface area contributed by atoms with Crippen molar-refractivity contribution in [2.75, 3.05) is 30.5 Å². The first-order valence-corrected chi connectivity index (χ1v) is 9.97. The molecule has 1 saturated heterocycles. The third kappa shape index (κ3) is 4.01. The second-order valence-corrected chi connectivity index (χ2v) is 8.15. The third-order valence-corrected chi connectivity index (χ3v) is 5.75. The molecule has 1 aliphatic rings. The number of rotatable bonds is 5. The van der Waals surface area contributed by atoms with Gasteiger partial charge in [-0.25, -0.2) is 0 Å². The summed E-state index contributed by atoms with van der Waals surface area (Å²) in [6, 6.07) is 7.34. The van der Waals surface area contributed by atoms with Crippen LogP contribution in [0.1, 0.15) is 13.3 Å². The minimum Gasteiger partial charge on any atom is -0.341 e. The van der Waals surface area contributed by atoms with Crippen LogP contribution in [-0.2, 0) is 20.4 Å². The number of benzene rings is 1. The van der Waals surface area contributed by atoms with Gasteiger partial charge in [-0.15, -0.1) is 0 Å². The Morgan fingerprint density at radius 2 is 2.13 bits per heavy atom. The minimum atomic E-state index is -0.978. The van der Waals surface area contributed by atoms with Gasteiger partial charge in [0, 0.05) is 46.9 Å². The van der Waals surface area contributed by atoms with Crippen molar-refractivity contribution in [2.45, 2.75) is 19.4 Å². The maximum absolute atomic E-state index is 12.6. The van der Waals surface area contributed by atoms with E-state index in [1.807, 2.05) is 31.2 Å². The van der Waals surface area contributed by atoms with Crippen molar-refractivity contribution in [2.24, 2.45) is 5.92 Å². The van der Waals surface area contributed by atoms with Gasteiger partial charge in [-0.3, -0.25) is 13.8 Å². The van der Waals surface area contributed by atoms with E-state index in [4.69, 9.17) is 0 Å². The predicted octanol–water partition coefficient (Wildman–Crippen LogP) is 2.03. The quantitative estimate of drug-likeness (QED) is 0.710. The number of anilines is 1. The van der Waals surface area contributed by atoms with E-state index >= 15 is 0 Å². The molecule has 23 heavy (non-hydrogen) atoms. The van der Waals surface area contributed by atoms with Crippen molar-refractivity contribution in [3.8, 4) is 0 Å². The Labute approximate surface area is 147 Å². The average molecular weight is 401 g/mol. The number of nitrogens with zero attached hydrogens (tertiary/aromatic N) is 2. The van der Waals surface area contributed by atoms with Crippen molar-refractivity contribution in [3.05, 3.63) is 28.7 Å². The highest BCUT2D eigenvalue weighted by molar-refractivity contribution is 9.10. The summed E-state index contributed by atoms with van der Waals surface area (Å²) < 4.78 is 12.2. The normalized spacial score (nSPS) is 20.4. The van der Waals surface area contributed by atoms with Gasteiger partial charge in [0.15, 0.2) is 0 Å². The molecule has 1 aromatic carbocycles. The molecule has 7 heteroatoms. The van der Waals surface area contributed by atoms with Gasteiger partial charge in [0.1, 0.15) is 5.92 Å². The number of halogens is 1. The summed E-state index contributed by atoms with van der Waals surface area (Å²) in [6.07, 6.45) is 2.12. The molecule has 2 rings (SSSR count). The van der Waals surface area contributed by atoms with Crippen LogP contribution in [0.25, 0.3) is 0 Å². The summed E-state index contributed by atoms with van der Waals surface area (Å²) in [4.78, 5) is 28.5. The summed E-state index contributed by atoms with van der Waals surface area (Å²) in [5, 5.41) is 0. The number of carbonyl (C=O) groups is 2. The van der Waals surface area contributed by atoms with E-state index in [-0.39, 0.29) is 17.9 Å². The first-order valence-electron chi connectivity index (χ1n) is 7.45. The van der Waals surface area contributed by atoms with Crippen molar-refractivity contribution in [1.29, 1.82) is 0 Å². The summed E-state index contributed by atoms with van der Waals surface area (Å²) in [6.45, 7) is 2.38. The maximum Gasteiger partial charge on any atom is 0.239 e. The first kappa shape index (κ1) is 18.1. The lowest BCUT2D eigenvalue weighted by atomic mass is 10.1. The average Bonchev–Trinajstić information content (AvgIpc) is 2.87. The second-order valence-electron chi connectivity index (χ2n) is 5.82. The lowest BCUT2D eigenvalue weighted by Gasteiger charge is -2.26. The summed E-state index contributed by atoms with van der Waals surface area (Å²) >= 11 is 3.45. The minimum absolute atomic E-state index is 0.154. The van der Waals surface area contributed by atoms with Crippen LogP contribution in [0, 0.1) is 5.92 Å². The lowest BCUT2D eigenvalue weighted by Crippen LogP contribution is -2.44. The van der Waals surface area contributed by atoms with Crippen LogP contribution in [-0.4, -0.2) is 52.6 Å². The molecule has 2 amide bonds. The molecule has 1 aliphatic heterocycles. The van der Waals surface area contributed by atoms with Crippen LogP contribution < -0.4 is 4.90 Å². The SMILES string of the molecule is C[C@H](C[S@@](C)=O)N(C)C(=O)[C@H]1CCN(c2ccccc2Br)C1=O. The Morgan fingerprint density at radius 3 is 2.74 bits per heavy atom. The van der Waals surface area contributed by atoms with Crippen molar-refractivity contribution >= 4 is 44.2 Å². The molecule has 0 saturated carbocycles. The first-order chi connectivity index (χ1) is 10.8. The van der Waals surface area contributed by atoms with E-state index in [0.29, 0.717) is 18.7 Å². The highest BCUT2D eigenvalue weighted by Crippen LogP contribution is 2.32. The summed E-state index contributed by atoms with van der Waals surface area (Å²) in [5.41, 5.74) is 0.790. The molecule has 0 N–H and O–H groups in total. The highest BCUT2D eigenvalue weighted by Gasteiger charge is 2.40. The molecule has 0 unspecified atom stereocenters. The largest absolute Gasteiger partial charge is 0.341 e. The molecule has 0 spiro atoms. The molecule has 0 radical (unpaired) electrons. The van der Waals surface area contributed by atoms with Crippen LogP contribution in [0.15, 0.2) is 28.7 Å². The van der Waals surface area contributed by atoms with Crippen LogP contribution in [0.5, 0.6) is 0 Å². The van der Waals surface area contributed by atoms with Gasteiger partial charge >= 0.3 is 0 Å². The number of carbonyl (C=O) groups excluding carboxylic acids is 2. The summed E-state index contributed by atoms with van der Waals surface area (Å²) in [5.74, 6) is -0.599. The van der Waals surface area contributed by atoms with Gasteiger partial charge in [-0.05, 0) is 41.4 Å². The van der Waals surface area contributed by atoms with Gasteiger partial charge in [-0.1, -0.05) is 12.1 Å². The monoisotopic (exact) mass is 400 g/mol. The molecular weight excluding hydrogens is 380 g/mol. The van der Waals surface area contributed by atoms with Crippen LogP contribution in [0.2, 0.25) is 0 Å². The molecular formula is C16H21BrN2O3S. The van der Waals surface area contributed by atoms with Crippen molar-refractivity contribution < 1.29 is 13.8 Å². The molecule has 0 bridgehead atoms. The molecule has 0 aromatic heterocycles. The zero-order chi connectivity index (χ0) is 17.1. The topological polar surface area (TPSA) is 57.7 Å². The molecule has 1 aromatic rings. The van der Waals surface area contributed by atoms with Gasteiger partial charge < -0.3 is 9.80 Å². The molecule has 126 valence electrons. The lowest BCUT2D eigenvalue weighted by molar-refractivity contribution is -0.139. The third-order valence-electron chi connectivity index (χ3n) is 4.13. The fraction of sp³-hybridized carbons (Fsp3) is 0.500. The van der Waals surface area contributed by atoms with E-state index in [1.165, 1.54) is 0 Å². The Morgan fingerprint density at radius 1 is 1.48 bits per heavy atom. The second kappa shape index (κ2) is 7.57. The van der Waals surface area contributed by atoms with Gasteiger partial charge in [-0.2, -0.15) is 0 Å². The van der Waals surface area contributed by atoms with Crippen molar-refractivity contribution in [1.82, 2.24) is 4.90 Å². The Balaban J connectivity index is 2.11. The Kier molecular flexibility index (Phi) is 5.97. The smallest absolute Gasteiger partial charge is 0.239 e. The molecule has 5 nitrogen and oxygen atoms in total. The standard InChI is InChI=1S/C16H21BrN2O3S/c1-11(10-23(3)22)18(2)15(20)12-8-9-19(16(12)21)14-7-5-4-6-13(14)17/h4-7,11-12H,8-10H2,1-3H3/t11-,12-,23-/m1/s1. The number of para-hydroxylation sites is 1. The van der Waals surface area contributed by atoms with E-state index in [2.05, 4.69) is 15.9 Å². The fourth-order valence-electron chi connectivity index (χ4n) is 2.73. The van der Waals surface area contributed by atoms with Crippen molar-refractivity contribution in [3.63, 3.8) is 0 Å².